The average Bonchev–Trinajstić information content (AvgIpc) is 3.33. The zero-order valence-electron chi connectivity index (χ0n) is 17.6. The van der Waals surface area contributed by atoms with Crippen LogP contribution in [0.2, 0.25) is 5.02 Å². The van der Waals surface area contributed by atoms with Crippen LogP contribution < -0.4 is 10.1 Å². The molecule has 0 aliphatic heterocycles. The van der Waals surface area contributed by atoms with Crippen LogP contribution in [0.4, 0.5) is 5.82 Å². The molecule has 34 heavy (non-hydrogen) atoms. The third kappa shape index (κ3) is 5.26. The molecular formula is C22H18ClN7O4. The molecule has 4 aromatic rings. The molecule has 0 saturated heterocycles. The molecule has 4 rings (SSSR count). The summed E-state index contributed by atoms with van der Waals surface area (Å²) >= 11 is 6.31. The number of pyridine rings is 1. The van der Waals surface area contributed by atoms with E-state index in [2.05, 4.69) is 30.5 Å². The van der Waals surface area contributed by atoms with E-state index in [1.807, 2.05) is 6.07 Å². The molecule has 0 saturated carbocycles. The number of aliphatic hydroxyl groups is 1. The molecule has 0 aliphatic rings. The van der Waals surface area contributed by atoms with E-state index in [0.717, 1.165) is 0 Å². The van der Waals surface area contributed by atoms with Crippen molar-refractivity contribution in [3.8, 4) is 23.3 Å². The number of carbonyl (C=O) groups excluding carboxylic acids is 1. The number of amides is 1. The Morgan fingerprint density at radius 1 is 1.24 bits per heavy atom. The summed E-state index contributed by atoms with van der Waals surface area (Å²) in [4.78, 5) is 25.9. The van der Waals surface area contributed by atoms with Crippen LogP contribution in [0.3, 0.4) is 0 Å². The van der Waals surface area contributed by atoms with E-state index >= 15 is 0 Å². The van der Waals surface area contributed by atoms with Gasteiger partial charge in [0.15, 0.2) is 11.5 Å². The molecule has 1 atom stereocenters. The van der Waals surface area contributed by atoms with Crippen LogP contribution in [0.25, 0.3) is 22.4 Å². The Balaban J connectivity index is 1.64. The summed E-state index contributed by atoms with van der Waals surface area (Å²) in [7, 11) is 0. The van der Waals surface area contributed by atoms with Gasteiger partial charge in [0.1, 0.15) is 17.3 Å². The van der Waals surface area contributed by atoms with Gasteiger partial charge in [0.25, 0.3) is 5.91 Å². The van der Waals surface area contributed by atoms with E-state index in [0.29, 0.717) is 27.2 Å². The lowest BCUT2D eigenvalue weighted by molar-refractivity contribution is -0.125. The molecule has 3 aromatic heterocycles. The Bertz CT molecular complexity index is 1340. The number of nitrogens with one attached hydrogen (secondary N) is 2. The van der Waals surface area contributed by atoms with Gasteiger partial charge in [-0.3, -0.25) is 9.89 Å². The van der Waals surface area contributed by atoms with Crippen molar-refractivity contribution in [1.82, 2.24) is 25.1 Å². The first-order valence-electron chi connectivity index (χ1n) is 10.1. The van der Waals surface area contributed by atoms with Crippen molar-refractivity contribution in [2.45, 2.75) is 6.10 Å². The maximum atomic E-state index is 13.0. The minimum atomic E-state index is -1.16. The monoisotopic (exact) mass is 479 g/mol. The highest BCUT2D eigenvalue weighted by molar-refractivity contribution is 6.33. The van der Waals surface area contributed by atoms with E-state index in [1.165, 1.54) is 24.5 Å². The Morgan fingerprint density at radius 3 is 2.82 bits per heavy atom. The van der Waals surface area contributed by atoms with Crippen molar-refractivity contribution in [2.75, 3.05) is 25.1 Å². The fourth-order valence-electron chi connectivity index (χ4n) is 2.95. The number of hydrogen-bond donors (Lipinski definition) is 3. The number of aliphatic hydroxyl groups excluding tert-OH is 1. The van der Waals surface area contributed by atoms with Crippen molar-refractivity contribution in [3.63, 3.8) is 0 Å². The zero-order chi connectivity index (χ0) is 23.9. The standard InChI is InChI=1S/C22H18ClN7O4/c23-16-4-2-1-3-14(16)19-28-20-15(11-26-30-20)22(29-19)34-17(12-33-8-7-31)21(32)27-18-6-5-13(9-24)10-25-18/h1-6,10-11,17,31H,7-8,12H2,(H,25,27,32)(H,26,28,29,30)/t17-/m1/s1. The van der Waals surface area contributed by atoms with Crippen molar-refractivity contribution >= 4 is 34.4 Å². The first-order chi connectivity index (χ1) is 16.6. The van der Waals surface area contributed by atoms with Crippen LogP contribution in [-0.4, -0.2) is 62.1 Å². The summed E-state index contributed by atoms with van der Waals surface area (Å²) in [6.45, 7) is -0.382. The van der Waals surface area contributed by atoms with E-state index in [9.17, 15) is 4.79 Å². The number of nitrogens with zero attached hydrogens (tertiary/aromatic N) is 5. The third-order valence-electron chi connectivity index (χ3n) is 4.58. The summed E-state index contributed by atoms with van der Waals surface area (Å²) in [6, 6.07) is 12.0. The number of nitriles is 1. The minimum Gasteiger partial charge on any atom is -0.461 e. The summed E-state index contributed by atoms with van der Waals surface area (Å²) in [5, 5.41) is 28.2. The van der Waals surface area contributed by atoms with Crippen LogP contribution in [0.15, 0.2) is 48.8 Å². The van der Waals surface area contributed by atoms with Gasteiger partial charge in [0.05, 0.1) is 36.6 Å². The van der Waals surface area contributed by atoms with Crippen LogP contribution in [0, 0.1) is 11.3 Å². The highest BCUT2D eigenvalue weighted by Gasteiger charge is 2.25. The van der Waals surface area contributed by atoms with Gasteiger partial charge in [0, 0.05) is 11.8 Å². The average molecular weight is 480 g/mol. The maximum Gasteiger partial charge on any atom is 0.269 e. The van der Waals surface area contributed by atoms with E-state index < -0.39 is 12.0 Å². The fourth-order valence-corrected chi connectivity index (χ4v) is 3.18. The van der Waals surface area contributed by atoms with Gasteiger partial charge >= 0.3 is 0 Å². The third-order valence-corrected chi connectivity index (χ3v) is 4.91. The van der Waals surface area contributed by atoms with Crippen LogP contribution >= 0.6 is 11.6 Å². The largest absolute Gasteiger partial charge is 0.461 e. The number of rotatable bonds is 9. The second-order valence-corrected chi connectivity index (χ2v) is 7.31. The molecule has 172 valence electrons. The van der Waals surface area contributed by atoms with Crippen molar-refractivity contribution in [1.29, 1.82) is 5.26 Å². The molecular weight excluding hydrogens is 462 g/mol. The Labute approximate surface area is 198 Å². The second-order valence-electron chi connectivity index (χ2n) is 6.90. The Hall–Kier alpha value is -4.11. The molecule has 3 N–H and O–H groups in total. The normalized spacial score (nSPS) is 11.7. The van der Waals surface area contributed by atoms with E-state index in [-0.39, 0.29) is 37.3 Å². The van der Waals surface area contributed by atoms with E-state index in [4.69, 9.17) is 31.4 Å². The lowest BCUT2D eigenvalue weighted by Crippen LogP contribution is -2.37. The number of H-pyrrole nitrogens is 1. The number of aromatic nitrogens is 5. The molecule has 1 amide bonds. The smallest absolute Gasteiger partial charge is 0.269 e. The van der Waals surface area contributed by atoms with Gasteiger partial charge in [-0.15, -0.1) is 0 Å². The summed E-state index contributed by atoms with van der Waals surface area (Å²) in [5.74, 6) is 0.0353. The Kier molecular flexibility index (Phi) is 7.24. The fraction of sp³-hybridized carbons (Fsp3) is 0.182. The summed E-state index contributed by atoms with van der Waals surface area (Å²) in [5.41, 5.74) is 1.32. The number of aromatic amines is 1. The highest BCUT2D eigenvalue weighted by Crippen LogP contribution is 2.30. The first-order valence-corrected chi connectivity index (χ1v) is 10.4. The molecule has 0 aliphatic carbocycles. The molecule has 12 heteroatoms. The van der Waals surface area contributed by atoms with Crippen LogP contribution in [0.5, 0.6) is 5.88 Å². The number of fused-ring (bicyclic) bond motifs is 1. The van der Waals surface area contributed by atoms with Gasteiger partial charge in [-0.1, -0.05) is 23.7 Å². The Morgan fingerprint density at radius 2 is 2.09 bits per heavy atom. The first kappa shape index (κ1) is 23.1. The molecule has 0 fully saturated rings. The van der Waals surface area contributed by atoms with Gasteiger partial charge in [-0.05, 0) is 24.3 Å². The molecule has 11 nitrogen and oxygen atoms in total. The number of hydrogen-bond acceptors (Lipinski definition) is 9. The topological polar surface area (TPSA) is 159 Å². The van der Waals surface area contributed by atoms with Crippen molar-refractivity contribution < 1.29 is 19.4 Å². The number of ether oxygens (including phenoxy) is 2. The van der Waals surface area contributed by atoms with Crippen molar-refractivity contribution in [3.05, 3.63) is 59.4 Å². The minimum absolute atomic E-state index is 0.0119. The lowest BCUT2D eigenvalue weighted by Gasteiger charge is -2.18. The number of anilines is 1. The molecule has 1 aromatic carbocycles. The molecule has 0 unspecified atom stereocenters. The molecule has 3 heterocycles. The quantitative estimate of drug-likeness (QED) is 0.306. The number of halogens is 1. The van der Waals surface area contributed by atoms with Crippen LogP contribution in [0.1, 0.15) is 5.56 Å². The highest BCUT2D eigenvalue weighted by atomic mass is 35.5. The van der Waals surface area contributed by atoms with Gasteiger partial charge in [0.2, 0.25) is 12.0 Å². The lowest BCUT2D eigenvalue weighted by atomic mass is 10.2. The number of carbonyl (C=O) groups is 1. The van der Waals surface area contributed by atoms with Gasteiger partial charge < -0.3 is 19.9 Å². The van der Waals surface area contributed by atoms with Gasteiger partial charge in [-0.2, -0.15) is 15.3 Å². The predicted molar refractivity (Wildman–Crippen MR) is 122 cm³/mol. The molecule has 0 radical (unpaired) electrons. The maximum absolute atomic E-state index is 13.0. The van der Waals surface area contributed by atoms with E-state index in [1.54, 1.807) is 24.3 Å². The molecule has 0 spiro atoms. The molecule has 0 bridgehead atoms. The summed E-state index contributed by atoms with van der Waals surface area (Å²) in [6.07, 6.45) is 1.66. The van der Waals surface area contributed by atoms with Gasteiger partial charge in [-0.25, -0.2) is 9.97 Å². The second kappa shape index (κ2) is 10.7. The zero-order valence-corrected chi connectivity index (χ0v) is 18.4. The number of benzene rings is 1. The predicted octanol–water partition coefficient (Wildman–Crippen LogP) is 2.33. The van der Waals surface area contributed by atoms with Crippen molar-refractivity contribution in [2.24, 2.45) is 0 Å². The van der Waals surface area contributed by atoms with Crippen LogP contribution in [-0.2, 0) is 9.53 Å². The summed E-state index contributed by atoms with van der Waals surface area (Å²) < 4.78 is 11.3. The SMILES string of the molecule is N#Cc1ccc(NC(=O)[C@@H](COCCO)Oc2nc(-c3ccccc3Cl)nc3[nH]ncc23)nc1.